The van der Waals surface area contributed by atoms with Gasteiger partial charge in [0.2, 0.25) is 15.5 Å². The van der Waals surface area contributed by atoms with Gasteiger partial charge in [-0.25, -0.2) is 8.42 Å². The van der Waals surface area contributed by atoms with Crippen LogP contribution in [0.1, 0.15) is 38.5 Å². The molecule has 110 valence electrons. The lowest BCUT2D eigenvalue weighted by atomic mass is 9.79. The SMILES string of the molecule is O=c1cc[nH]cc1S(=O)(=O)N1CCC[C@H]2CCCC[C@H]21. The van der Waals surface area contributed by atoms with E-state index in [-0.39, 0.29) is 10.9 Å². The third-order valence-electron chi connectivity index (χ3n) is 4.57. The average molecular weight is 296 g/mol. The molecule has 5 nitrogen and oxygen atoms in total. The first kappa shape index (κ1) is 13.8. The molecule has 2 heterocycles. The van der Waals surface area contributed by atoms with Crippen LogP contribution in [0.3, 0.4) is 0 Å². The Morgan fingerprint density at radius 2 is 1.90 bits per heavy atom. The smallest absolute Gasteiger partial charge is 0.248 e. The first-order valence-electron chi connectivity index (χ1n) is 7.29. The van der Waals surface area contributed by atoms with Crippen molar-refractivity contribution < 1.29 is 8.42 Å². The lowest BCUT2D eigenvalue weighted by Crippen LogP contribution is -2.50. The summed E-state index contributed by atoms with van der Waals surface area (Å²) in [5.41, 5.74) is -0.429. The minimum absolute atomic E-state index is 0.0853. The normalized spacial score (nSPS) is 28.0. The van der Waals surface area contributed by atoms with Crippen molar-refractivity contribution in [3.8, 4) is 0 Å². The van der Waals surface area contributed by atoms with Crippen molar-refractivity contribution in [1.29, 1.82) is 0 Å². The van der Waals surface area contributed by atoms with Crippen molar-refractivity contribution in [2.45, 2.75) is 49.5 Å². The van der Waals surface area contributed by atoms with Gasteiger partial charge in [-0.2, -0.15) is 4.31 Å². The number of pyridine rings is 1. The van der Waals surface area contributed by atoms with E-state index in [9.17, 15) is 13.2 Å². The maximum absolute atomic E-state index is 12.8. The van der Waals surface area contributed by atoms with Gasteiger partial charge in [-0.15, -0.1) is 0 Å². The molecular weight excluding hydrogens is 276 g/mol. The quantitative estimate of drug-likeness (QED) is 0.903. The number of sulfonamides is 1. The third kappa shape index (κ3) is 2.31. The average Bonchev–Trinajstić information content (AvgIpc) is 2.47. The van der Waals surface area contributed by atoms with Gasteiger partial charge in [0.05, 0.1) is 0 Å². The van der Waals surface area contributed by atoms with Crippen molar-refractivity contribution in [3.05, 3.63) is 28.7 Å². The molecule has 1 N–H and O–H groups in total. The summed E-state index contributed by atoms with van der Waals surface area (Å²) in [6.07, 6.45) is 9.09. The van der Waals surface area contributed by atoms with Gasteiger partial charge in [-0.3, -0.25) is 4.79 Å². The molecule has 0 radical (unpaired) electrons. The number of piperidine rings is 1. The molecule has 2 aliphatic rings. The van der Waals surface area contributed by atoms with E-state index in [0.29, 0.717) is 12.5 Å². The topological polar surface area (TPSA) is 70.2 Å². The minimum Gasteiger partial charge on any atom is -0.366 e. The molecule has 1 saturated heterocycles. The highest BCUT2D eigenvalue weighted by Crippen LogP contribution is 2.37. The summed E-state index contributed by atoms with van der Waals surface area (Å²) in [6, 6.07) is 1.36. The summed E-state index contributed by atoms with van der Waals surface area (Å²) in [5.74, 6) is 0.468. The number of nitrogens with zero attached hydrogens (tertiary/aromatic N) is 1. The Hall–Kier alpha value is -1.14. The number of aromatic amines is 1. The second-order valence-corrected chi connectivity index (χ2v) is 7.60. The van der Waals surface area contributed by atoms with Crippen molar-refractivity contribution in [1.82, 2.24) is 9.29 Å². The Morgan fingerprint density at radius 1 is 1.15 bits per heavy atom. The highest BCUT2D eigenvalue weighted by molar-refractivity contribution is 7.89. The monoisotopic (exact) mass is 296 g/mol. The molecule has 1 aliphatic carbocycles. The van der Waals surface area contributed by atoms with E-state index < -0.39 is 15.5 Å². The first-order chi connectivity index (χ1) is 9.60. The summed E-state index contributed by atoms with van der Waals surface area (Å²) < 4.78 is 27.1. The summed E-state index contributed by atoms with van der Waals surface area (Å²) in [7, 11) is -3.67. The van der Waals surface area contributed by atoms with Crippen molar-refractivity contribution in [2.75, 3.05) is 6.54 Å². The predicted octanol–water partition coefficient (Wildman–Crippen LogP) is 1.72. The Morgan fingerprint density at radius 3 is 2.70 bits per heavy atom. The molecule has 0 bridgehead atoms. The van der Waals surface area contributed by atoms with Crippen LogP contribution in [-0.2, 0) is 10.0 Å². The molecule has 0 amide bonds. The molecule has 1 saturated carbocycles. The van der Waals surface area contributed by atoms with Crippen molar-refractivity contribution in [2.24, 2.45) is 5.92 Å². The third-order valence-corrected chi connectivity index (χ3v) is 6.51. The number of hydrogen-bond donors (Lipinski definition) is 1. The zero-order valence-electron chi connectivity index (χ0n) is 11.4. The number of nitrogens with one attached hydrogen (secondary N) is 1. The van der Waals surface area contributed by atoms with Gasteiger partial charge < -0.3 is 4.98 Å². The standard InChI is InChI=1S/C14H20N2O3S/c17-13-7-8-15-10-14(13)20(18,19)16-9-3-5-11-4-1-2-6-12(11)16/h7-8,10-12H,1-6,9H2,(H,15,17)/t11-,12-/m1/s1. The molecule has 0 unspecified atom stereocenters. The molecule has 2 fully saturated rings. The van der Waals surface area contributed by atoms with Crippen LogP contribution >= 0.6 is 0 Å². The Kier molecular flexibility index (Phi) is 3.69. The number of H-pyrrole nitrogens is 1. The number of fused-ring (bicyclic) bond motifs is 1. The predicted molar refractivity (Wildman–Crippen MR) is 75.9 cm³/mol. The molecule has 1 aliphatic heterocycles. The molecule has 20 heavy (non-hydrogen) atoms. The molecule has 0 spiro atoms. The van der Waals surface area contributed by atoms with E-state index in [2.05, 4.69) is 4.98 Å². The summed E-state index contributed by atoms with van der Waals surface area (Å²) in [4.78, 5) is 14.4. The second kappa shape index (κ2) is 5.33. The van der Waals surface area contributed by atoms with Crippen LogP contribution in [0.4, 0.5) is 0 Å². The van der Waals surface area contributed by atoms with Gasteiger partial charge in [-0.1, -0.05) is 12.8 Å². The lowest BCUT2D eigenvalue weighted by Gasteiger charge is -2.42. The van der Waals surface area contributed by atoms with Gasteiger partial charge in [0.15, 0.2) is 0 Å². The number of rotatable bonds is 2. The highest BCUT2D eigenvalue weighted by atomic mass is 32.2. The Balaban J connectivity index is 1.98. The number of hydrogen-bond acceptors (Lipinski definition) is 3. The van der Waals surface area contributed by atoms with Crippen LogP contribution in [-0.4, -0.2) is 30.3 Å². The second-order valence-electron chi connectivity index (χ2n) is 5.74. The van der Waals surface area contributed by atoms with Crippen LogP contribution < -0.4 is 5.43 Å². The summed E-state index contributed by atoms with van der Waals surface area (Å²) in [5, 5.41) is 0. The number of aromatic nitrogens is 1. The van der Waals surface area contributed by atoms with E-state index in [0.717, 1.165) is 32.1 Å². The lowest BCUT2D eigenvalue weighted by molar-refractivity contribution is 0.129. The van der Waals surface area contributed by atoms with Crippen LogP contribution in [0.25, 0.3) is 0 Å². The fourth-order valence-corrected chi connectivity index (χ4v) is 5.40. The van der Waals surface area contributed by atoms with E-state index in [1.54, 1.807) is 4.31 Å². The molecule has 1 aromatic rings. The summed E-state index contributed by atoms with van der Waals surface area (Å²) >= 11 is 0. The fraction of sp³-hybridized carbons (Fsp3) is 0.643. The summed E-state index contributed by atoms with van der Waals surface area (Å²) in [6.45, 7) is 0.540. The van der Waals surface area contributed by atoms with Crippen molar-refractivity contribution in [3.63, 3.8) is 0 Å². The Bertz CT molecular complexity index is 636. The van der Waals surface area contributed by atoms with Gasteiger partial charge >= 0.3 is 0 Å². The van der Waals surface area contributed by atoms with Crippen LogP contribution in [0, 0.1) is 5.92 Å². The van der Waals surface area contributed by atoms with Crippen LogP contribution in [0.5, 0.6) is 0 Å². The molecule has 2 atom stereocenters. The molecule has 3 rings (SSSR count). The van der Waals surface area contributed by atoms with Gasteiger partial charge in [0, 0.05) is 31.0 Å². The fourth-order valence-electron chi connectivity index (χ4n) is 3.61. The zero-order valence-corrected chi connectivity index (χ0v) is 12.2. The van der Waals surface area contributed by atoms with E-state index in [1.165, 1.54) is 24.9 Å². The van der Waals surface area contributed by atoms with Gasteiger partial charge in [-0.05, 0) is 31.6 Å². The molecule has 1 aromatic heterocycles. The van der Waals surface area contributed by atoms with E-state index in [1.807, 2.05) is 0 Å². The maximum atomic E-state index is 12.8. The van der Waals surface area contributed by atoms with Gasteiger partial charge in [0.1, 0.15) is 4.90 Å². The van der Waals surface area contributed by atoms with Gasteiger partial charge in [0.25, 0.3) is 0 Å². The van der Waals surface area contributed by atoms with E-state index in [4.69, 9.17) is 0 Å². The molecular formula is C14H20N2O3S. The molecule has 0 aromatic carbocycles. The van der Waals surface area contributed by atoms with Crippen molar-refractivity contribution >= 4 is 10.0 Å². The Labute approximate surface area is 119 Å². The highest BCUT2D eigenvalue weighted by Gasteiger charge is 2.40. The minimum atomic E-state index is -3.67. The van der Waals surface area contributed by atoms with Crippen LogP contribution in [0.2, 0.25) is 0 Å². The largest absolute Gasteiger partial charge is 0.366 e. The first-order valence-corrected chi connectivity index (χ1v) is 8.73. The van der Waals surface area contributed by atoms with E-state index >= 15 is 0 Å². The zero-order chi connectivity index (χ0) is 14.2. The molecule has 6 heteroatoms. The van der Waals surface area contributed by atoms with Crippen LogP contribution in [0.15, 0.2) is 28.2 Å². The maximum Gasteiger partial charge on any atom is 0.248 e.